The van der Waals surface area contributed by atoms with Gasteiger partial charge in [-0.15, -0.1) is 0 Å². The molecule has 0 aliphatic heterocycles. The number of nitrogens with one attached hydrogen (secondary N) is 1. The molecule has 0 rings (SSSR count). The third kappa shape index (κ3) is 5.10. The molecule has 0 aromatic heterocycles. The first-order chi connectivity index (χ1) is 5.74. The standard InChI is InChI=1S/C7H11F2NO3/c1-7(2,3-4(11)12)10-6(13)5(8)9/h5H,3H2,1-2H3,(H,10,13)(H,11,12). The Morgan fingerprint density at radius 1 is 1.46 bits per heavy atom. The van der Waals surface area contributed by atoms with Gasteiger partial charge in [0.15, 0.2) is 0 Å². The van der Waals surface area contributed by atoms with E-state index in [1.165, 1.54) is 13.8 Å². The zero-order valence-corrected chi connectivity index (χ0v) is 7.30. The number of carbonyl (C=O) groups excluding carboxylic acids is 1. The number of carboxylic acid groups (broad SMARTS) is 1. The van der Waals surface area contributed by atoms with E-state index in [2.05, 4.69) is 0 Å². The van der Waals surface area contributed by atoms with Crippen LogP contribution in [0.15, 0.2) is 0 Å². The lowest BCUT2D eigenvalue weighted by Gasteiger charge is -2.23. The number of alkyl halides is 2. The van der Waals surface area contributed by atoms with E-state index in [1.807, 2.05) is 5.32 Å². The number of halogens is 2. The second-order valence-electron chi connectivity index (χ2n) is 3.24. The Morgan fingerprint density at radius 2 is 1.92 bits per heavy atom. The van der Waals surface area contributed by atoms with Gasteiger partial charge in [-0.1, -0.05) is 0 Å². The van der Waals surface area contributed by atoms with Crippen LogP contribution in [0.2, 0.25) is 0 Å². The third-order valence-corrected chi connectivity index (χ3v) is 1.25. The summed E-state index contributed by atoms with van der Waals surface area (Å²) in [5.41, 5.74) is -1.15. The number of hydrogen-bond donors (Lipinski definition) is 2. The molecule has 0 aliphatic rings. The normalized spacial score (nSPS) is 11.5. The summed E-state index contributed by atoms with van der Waals surface area (Å²) in [5, 5.41) is 10.3. The number of amides is 1. The van der Waals surface area contributed by atoms with E-state index in [4.69, 9.17) is 5.11 Å². The summed E-state index contributed by atoms with van der Waals surface area (Å²) in [6, 6.07) is 0. The maximum Gasteiger partial charge on any atom is 0.315 e. The zero-order valence-electron chi connectivity index (χ0n) is 7.30. The van der Waals surface area contributed by atoms with Gasteiger partial charge < -0.3 is 10.4 Å². The molecular formula is C7H11F2NO3. The van der Waals surface area contributed by atoms with Crippen molar-refractivity contribution in [2.24, 2.45) is 0 Å². The van der Waals surface area contributed by atoms with Gasteiger partial charge in [-0.3, -0.25) is 9.59 Å². The van der Waals surface area contributed by atoms with Crippen molar-refractivity contribution in [3.8, 4) is 0 Å². The van der Waals surface area contributed by atoms with E-state index < -0.39 is 30.3 Å². The predicted octanol–water partition coefficient (Wildman–Crippen LogP) is 0.621. The van der Waals surface area contributed by atoms with Crippen molar-refractivity contribution in [1.82, 2.24) is 5.32 Å². The van der Waals surface area contributed by atoms with Crippen LogP contribution in [0.25, 0.3) is 0 Å². The lowest BCUT2D eigenvalue weighted by Crippen LogP contribution is -2.47. The smallest absolute Gasteiger partial charge is 0.315 e. The summed E-state index contributed by atoms with van der Waals surface area (Å²) in [4.78, 5) is 20.7. The Labute approximate surface area is 73.9 Å². The molecule has 76 valence electrons. The number of aliphatic carboxylic acids is 1. The summed E-state index contributed by atoms with van der Waals surface area (Å²) in [7, 11) is 0. The van der Waals surface area contributed by atoms with Crippen molar-refractivity contribution < 1.29 is 23.5 Å². The van der Waals surface area contributed by atoms with Crippen LogP contribution < -0.4 is 5.32 Å². The first-order valence-electron chi connectivity index (χ1n) is 3.56. The fraction of sp³-hybridized carbons (Fsp3) is 0.714. The van der Waals surface area contributed by atoms with Crippen LogP contribution in [0, 0.1) is 0 Å². The van der Waals surface area contributed by atoms with Crippen molar-refractivity contribution in [1.29, 1.82) is 0 Å². The Bertz CT molecular complexity index is 216. The molecule has 0 bridgehead atoms. The SMILES string of the molecule is CC(C)(CC(=O)O)NC(=O)C(F)F. The molecule has 0 aromatic rings. The highest BCUT2D eigenvalue weighted by Gasteiger charge is 2.27. The molecular weight excluding hydrogens is 184 g/mol. The van der Waals surface area contributed by atoms with Crippen LogP contribution in [-0.2, 0) is 9.59 Å². The zero-order chi connectivity index (χ0) is 10.6. The number of carboxylic acids is 1. The van der Waals surface area contributed by atoms with Crippen molar-refractivity contribution in [2.75, 3.05) is 0 Å². The van der Waals surface area contributed by atoms with Gasteiger partial charge in [-0.25, -0.2) is 0 Å². The second-order valence-corrected chi connectivity index (χ2v) is 3.24. The van der Waals surface area contributed by atoms with Crippen LogP contribution in [-0.4, -0.2) is 28.9 Å². The number of hydrogen-bond acceptors (Lipinski definition) is 2. The molecule has 0 atom stereocenters. The lowest BCUT2D eigenvalue weighted by molar-refractivity contribution is -0.139. The van der Waals surface area contributed by atoms with E-state index in [0.717, 1.165) is 0 Å². The molecule has 13 heavy (non-hydrogen) atoms. The molecule has 6 heteroatoms. The largest absolute Gasteiger partial charge is 0.481 e. The van der Waals surface area contributed by atoms with E-state index >= 15 is 0 Å². The van der Waals surface area contributed by atoms with Gasteiger partial charge in [0.2, 0.25) is 0 Å². The summed E-state index contributed by atoms with van der Waals surface area (Å²) >= 11 is 0. The topological polar surface area (TPSA) is 66.4 Å². The van der Waals surface area contributed by atoms with Crippen molar-refractivity contribution in [3.05, 3.63) is 0 Å². The highest BCUT2D eigenvalue weighted by molar-refractivity contribution is 5.80. The highest BCUT2D eigenvalue weighted by Crippen LogP contribution is 2.09. The molecule has 0 unspecified atom stereocenters. The molecule has 1 amide bonds. The average molecular weight is 195 g/mol. The molecule has 2 N–H and O–H groups in total. The van der Waals surface area contributed by atoms with Crippen molar-refractivity contribution >= 4 is 11.9 Å². The highest BCUT2D eigenvalue weighted by atomic mass is 19.3. The summed E-state index contributed by atoms with van der Waals surface area (Å²) in [6.45, 7) is 2.72. The molecule has 0 aliphatic carbocycles. The first-order valence-corrected chi connectivity index (χ1v) is 3.56. The van der Waals surface area contributed by atoms with Gasteiger partial charge in [-0.05, 0) is 13.8 Å². The Balaban J connectivity index is 4.16. The van der Waals surface area contributed by atoms with Gasteiger partial charge in [0, 0.05) is 5.54 Å². The molecule has 0 saturated carbocycles. The van der Waals surface area contributed by atoms with Crippen LogP contribution in [0.5, 0.6) is 0 Å². The van der Waals surface area contributed by atoms with Crippen LogP contribution >= 0.6 is 0 Å². The minimum atomic E-state index is -3.12. The average Bonchev–Trinajstić information content (AvgIpc) is 1.81. The minimum absolute atomic E-state index is 0.397. The van der Waals surface area contributed by atoms with E-state index in [1.54, 1.807) is 0 Å². The van der Waals surface area contributed by atoms with Crippen LogP contribution in [0.4, 0.5) is 8.78 Å². The quantitative estimate of drug-likeness (QED) is 0.691. The monoisotopic (exact) mass is 195 g/mol. The number of rotatable bonds is 4. The van der Waals surface area contributed by atoms with Gasteiger partial charge in [-0.2, -0.15) is 8.78 Å². The Morgan fingerprint density at radius 3 is 2.23 bits per heavy atom. The predicted molar refractivity (Wildman–Crippen MR) is 40.5 cm³/mol. The Kier molecular flexibility index (Phi) is 3.77. The second kappa shape index (κ2) is 4.15. The lowest BCUT2D eigenvalue weighted by atomic mass is 10.0. The fourth-order valence-electron chi connectivity index (χ4n) is 0.810. The minimum Gasteiger partial charge on any atom is -0.481 e. The van der Waals surface area contributed by atoms with Crippen molar-refractivity contribution in [2.45, 2.75) is 32.2 Å². The summed E-state index contributed by atoms with van der Waals surface area (Å²) in [5.74, 6) is -2.61. The Hall–Kier alpha value is -1.20. The maximum absolute atomic E-state index is 11.7. The molecule has 0 aromatic carbocycles. The molecule has 4 nitrogen and oxygen atoms in total. The van der Waals surface area contributed by atoms with Crippen LogP contribution in [0.1, 0.15) is 20.3 Å². The van der Waals surface area contributed by atoms with Crippen LogP contribution in [0.3, 0.4) is 0 Å². The number of carbonyl (C=O) groups is 2. The van der Waals surface area contributed by atoms with E-state index in [-0.39, 0.29) is 0 Å². The fourth-order valence-corrected chi connectivity index (χ4v) is 0.810. The maximum atomic E-state index is 11.7. The first kappa shape index (κ1) is 11.8. The van der Waals surface area contributed by atoms with E-state index in [0.29, 0.717) is 0 Å². The van der Waals surface area contributed by atoms with Gasteiger partial charge in [0.05, 0.1) is 6.42 Å². The van der Waals surface area contributed by atoms with Gasteiger partial charge in [0.1, 0.15) is 0 Å². The van der Waals surface area contributed by atoms with E-state index in [9.17, 15) is 18.4 Å². The molecule has 0 radical (unpaired) electrons. The van der Waals surface area contributed by atoms with Gasteiger partial charge in [0.25, 0.3) is 5.91 Å². The van der Waals surface area contributed by atoms with Crippen molar-refractivity contribution in [3.63, 3.8) is 0 Å². The molecule has 0 heterocycles. The molecule has 0 spiro atoms. The molecule has 0 saturated heterocycles. The van der Waals surface area contributed by atoms with Gasteiger partial charge >= 0.3 is 12.4 Å². The third-order valence-electron chi connectivity index (χ3n) is 1.25. The molecule has 0 fully saturated rings. The summed E-state index contributed by atoms with van der Waals surface area (Å²) in [6.07, 6.45) is -3.51. The summed E-state index contributed by atoms with van der Waals surface area (Å²) < 4.78 is 23.5.